The summed E-state index contributed by atoms with van der Waals surface area (Å²) in [6, 6.07) is 2.07. The molecule has 1 aromatic rings. The molecule has 0 aliphatic rings. The first-order chi connectivity index (χ1) is 9.38. The van der Waals surface area contributed by atoms with Crippen molar-refractivity contribution in [2.24, 2.45) is 0 Å². The van der Waals surface area contributed by atoms with Crippen molar-refractivity contribution in [2.45, 2.75) is 65.5 Å². The van der Waals surface area contributed by atoms with E-state index < -0.39 is 0 Å². The summed E-state index contributed by atoms with van der Waals surface area (Å²) in [6.45, 7) is 12.0. The summed E-state index contributed by atoms with van der Waals surface area (Å²) in [6.07, 6.45) is 6.98. The Bertz CT molecular complexity index is 365. The van der Waals surface area contributed by atoms with Gasteiger partial charge in [0.25, 0.3) is 0 Å². The van der Waals surface area contributed by atoms with E-state index in [-0.39, 0.29) is 5.54 Å². The Morgan fingerprint density at radius 3 is 2.45 bits per heavy atom. The van der Waals surface area contributed by atoms with Crippen LogP contribution in [-0.4, -0.2) is 30.6 Å². The van der Waals surface area contributed by atoms with Crippen molar-refractivity contribution in [1.82, 2.24) is 10.2 Å². The van der Waals surface area contributed by atoms with Crippen LogP contribution in [0.25, 0.3) is 0 Å². The Hall–Kier alpha value is -0.800. The van der Waals surface area contributed by atoms with Crippen LogP contribution in [0, 0.1) is 6.92 Å². The fourth-order valence-electron chi connectivity index (χ4n) is 2.27. The lowest BCUT2D eigenvalue weighted by atomic mass is 10.1. The van der Waals surface area contributed by atoms with E-state index in [2.05, 4.69) is 44.1 Å². The van der Waals surface area contributed by atoms with Gasteiger partial charge in [0.2, 0.25) is 0 Å². The molecule has 0 saturated carbocycles. The van der Waals surface area contributed by atoms with E-state index in [0.29, 0.717) is 0 Å². The second-order valence-corrected chi connectivity index (χ2v) is 6.83. The summed E-state index contributed by atoms with van der Waals surface area (Å²) >= 11 is 0. The minimum Gasteiger partial charge on any atom is -0.469 e. The van der Waals surface area contributed by atoms with Gasteiger partial charge in [0.05, 0.1) is 6.26 Å². The normalized spacial score (nSPS) is 12.3. The Morgan fingerprint density at radius 2 is 1.85 bits per heavy atom. The van der Waals surface area contributed by atoms with Crippen molar-refractivity contribution in [1.29, 1.82) is 0 Å². The molecule has 20 heavy (non-hydrogen) atoms. The van der Waals surface area contributed by atoms with Crippen LogP contribution in [0.1, 0.15) is 57.8 Å². The van der Waals surface area contributed by atoms with E-state index in [9.17, 15) is 0 Å². The summed E-state index contributed by atoms with van der Waals surface area (Å²) in [5.74, 6) is 1.05. The Morgan fingerprint density at radius 1 is 1.15 bits per heavy atom. The zero-order valence-corrected chi connectivity index (χ0v) is 14.0. The number of nitrogens with one attached hydrogen (secondary N) is 1. The largest absolute Gasteiger partial charge is 0.469 e. The summed E-state index contributed by atoms with van der Waals surface area (Å²) in [5.41, 5.74) is 1.56. The third-order valence-corrected chi connectivity index (χ3v) is 3.53. The fraction of sp³-hybridized carbons (Fsp3) is 0.765. The summed E-state index contributed by atoms with van der Waals surface area (Å²) < 4.78 is 5.33. The van der Waals surface area contributed by atoms with Crippen molar-refractivity contribution in [3.05, 3.63) is 23.7 Å². The van der Waals surface area contributed by atoms with Gasteiger partial charge in [-0.25, -0.2) is 0 Å². The zero-order valence-electron chi connectivity index (χ0n) is 14.0. The molecule has 116 valence electrons. The Balaban J connectivity index is 2.00. The molecule has 0 fully saturated rings. The molecule has 1 rings (SSSR count). The number of rotatable bonds is 9. The molecule has 0 amide bonds. The zero-order chi connectivity index (χ0) is 15.0. The minimum atomic E-state index is 0.253. The van der Waals surface area contributed by atoms with Crippen LogP contribution in [0.5, 0.6) is 0 Å². The highest BCUT2D eigenvalue weighted by atomic mass is 16.3. The average Bonchev–Trinajstić information content (AvgIpc) is 2.72. The lowest BCUT2D eigenvalue weighted by Gasteiger charge is -2.20. The summed E-state index contributed by atoms with van der Waals surface area (Å²) in [5, 5.41) is 3.54. The van der Waals surface area contributed by atoms with Crippen LogP contribution < -0.4 is 5.32 Å². The van der Waals surface area contributed by atoms with Crippen molar-refractivity contribution < 1.29 is 4.42 Å². The van der Waals surface area contributed by atoms with Gasteiger partial charge < -0.3 is 14.6 Å². The van der Waals surface area contributed by atoms with Crippen molar-refractivity contribution in [3.8, 4) is 0 Å². The summed E-state index contributed by atoms with van der Waals surface area (Å²) in [4.78, 5) is 2.38. The molecule has 0 aromatic carbocycles. The molecule has 0 radical (unpaired) electrons. The van der Waals surface area contributed by atoms with E-state index in [1.807, 2.05) is 6.92 Å². The van der Waals surface area contributed by atoms with Gasteiger partial charge in [-0.15, -0.1) is 0 Å². The molecule has 3 nitrogen and oxygen atoms in total. The van der Waals surface area contributed by atoms with Crippen LogP contribution in [0.2, 0.25) is 0 Å². The number of aryl methyl sites for hydroxylation is 1. The molecule has 0 atom stereocenters. The lowest BCUT2D eigenvalue weighted by Crippen LogP contribution is -2.36. The van der Waals surface area contributed by atoms with Gasteiger partial charge in [0, 0.05) is 17.6 Å². The van der Waals surface area contributed by atoms with Gasteiger partial charge >= 0.3 is 0 Å². The van der Waals surface area contributed by atoms with Gasteiger partial charge in [-0.3, -0.25) is 0 Å². The number of furan rings is 1. The molecule has 3 heteroatoms. The predicted octanol–water partition coefficient (Wildman–Crippen LogP) is 3.97. The van der Waals surface area contributed by atoms with E-state index in [0.717, 1.165) is 25.4 Å². The van der Waals surface area contributed by atoms with E-state index in [1.165, 1.54) is 31.2 Å². The fourth-order valence-corrected chi connectivity index (χ4v) is 2.27. The van der Waals surface area contributed by atoms with E-state index in [4.69, 9.17) is 4.42 Å². The minimum absolute atomic E-state index is 0.253. The van der Waals surface area contributed by atoms with Crippen LogP contribution >= 0.6 is 0 Å². The number of hydrogen-bond donors (Lipinski definition) is 1. The topological polar surface area (TPSA) is 28.4 Å². The SMILES string of the molecule is Cc1occc1CN(C)CCCCCCNC(C)(C)C. The van der Waals surface area contributed by atoms with Crippen molar-refractivity contribution >= 4 is 0 Å². The first kappa shape index (κ1) is 17.3. The predicted molar refractivity (Wildman–Crippen MR) is 86.0 cm³/mol. The van der Waals surface area contributed by atoms with Gasteiger partial charge in [0.15, 0.2) is 0 Å². The van der Waals surface area contributed by atoms with Crippen LogP contribution in [0.4, 0.5) is 0 Å². The highest BCUT2D eigenvalue weighted by Crippen LogP contribution is 2.11. The highest BCUT2D eigenvalue weighted by molar-refractivity contribution is 5.14. The monoisotopic (exact) mass is 280 g/mol. The van der Waals surface area contributed by atoms with Crippen molar-refractivity contribution in [2.75, 3.05) is 20.1 Å². The third-order valence-electron chi connectivity index (χ3n) is 3.53. The molecule has 1 aromatic heterocycles. The quantitative estimate of drug-likeness (QED) is 0.694. The first-order valence-electron chi connectivity index (χ1n) is 7.85. The van der Waals surface area contributed by atoms with Crippen LogP contribution in [0.15, 0.2) is 16.7 Å². The molecule has 0 spiro atoms. The Labute approximate surface area is 124 Å². The molecule has 0 unspecified atom stereocenters. The lowest BCUT2D eigenvalue weighted by molar-refractivity contribution is 0.313. The number of unbranched alkanes of at least 4 members (excludes halogenated alkanes) is 3. The maximum atomic E-state index is 5.33. The second kappa shape index (κ2) is 8.48. The number of nitrogens with zero attached hydrogens (tertiary/aromatic N) is 1. The maximum absolute atomic E-state index is 5.33. The molecule has 0 aliphatic heterocycles. The standard InChI is InChI=1S/C17H32N2O/c1-15-16(10-13-20-15)14-19(5)12-9-7-6-8-11-18-17(2,3)4/h10,13,18H,6-9,11-12,14H2,1-5H3. The molecule has 0 bridgehead atoms. The Kier molecular flexibility index (Phi) is 7.31. The first-order valence-corrected chi connectivity index (χ1v) is 7.85. The second-order valence-electron chi connectivity index (χ2n) is 6.83. The summed E-state index contributed by atoms with van der Waals surface area (Å²) in [7, 11) is 2.19. The molecular weight excluding hydrogens is 248 g/mol. The van der Waals surface area contributed by atoms with Gasteiger partial charge in [-0.1, -0.05) is 12.8 Å². The van der Waals surface area contributed by atoms with Gasteiger partial charge in [-0.05, 0) is 66.7 Å². The highest BCUT2D eigenvalue weighted by Gasteiger charge is 2.07. The average molecular weight is 280 g/mol. The van der Waals surface area contributed by atoms with Gasteiger partial charge in [-0.2, -0.15) is 0 Å². The molecule has 1 N–H and O–H groups in total. The van der Waals surface area contributed by atoms with E-state index >= 15 is 0 Å². The van der Waals surface area contributed by atoms with Gasteiger partial charge in [0.1, 0.15) is 5.76 Å². The molecule has 1 heterocycles. The number of hydrogen-bond acceptors (Lipinski definition) is 3. The molecular formula is C17H32N2O. The molecule has 0 saturated heterocycles. The van der Waals surface area contributed by atoms with Crippen molar-refractivity contribution in [3.63, 3.8) is 0 Å². The maximum Gasteiger partial charge on any atom is 0.105 e. The van der Waals surface area contributed by atoms with Crippen LogP contribution in [-0.2, 0) is 6.54 Å². The smallest absolute Gasteiger partial charge is 0.105 e. The third kappa shape index (κ3) is 7.71. The molecule has 0 aliphatic carbocycles. The van der Waals surface area contributed by atoms with Crippen LogP contribution in [0.3, 0.4) is 0 Å². The van der Waals surface area contributed by atoms with E-state index in [1.54, 1.807) is 6.26 Å².